The molecule has 0 spiro atoms. The summed E-state index contributed by atoms with van der Waals surface area (Å²) < 4.78 is 30.2. The van der Waals surface area contributed by atoms with E-state index in [2.05, 4.69) is 10.6 Å². The Morgan fingerprint density at radius 2 is 1.25 bits per heavy atom. The number of amides is 2. The second-order valence-corrected chi connectivity index (χ2v) is 10.9. The van der Waals surface area contributed by atoms with Gasteiger partial charge in [-0.1, -0.05) is 24.3 Å². The third-order valence-corrected chi connectivity index (χ3v) is 7.66. The molecule has 1 saturated heterocycles. The van der Waals surface area contributed by atoms with Crippen LogP contribution in [-0.2, 0) is 14.2 Å². The molecule has 3 aromatic carbocycles. The van der Waals surface area contributed by atoms with Gasteiger partial charge in [-0.3, -0.25) is 9.59 Å². The van der Waals surface area contributed by atoms with Crippen molar-refractivity contribution in [1.29, 1.82) is 0 Å². The second-order valence-electron chi connectivity index (χ2n) is 10.9. The summed E-state index contributed by atoms with van der Waals surface area (Å²) in [5.74, 6) is -3.12. The summed E-state index contributed by atoms with van der Waals surface area (Å²) in [6, 6.07) is 16.7. The molecule has 1 aliphatic rings. The SMILES string of the molecule is COC(=O)c1ccccc1C(=O)NC[C@@H](O)CN(C[C@@H](O)CNC(=O)c1ccccc1C(=O)OC)c1ccc(N2CCOCC2)c(F)c1. The third-order valence-electron chi connectivity index (χ3n) is 7.66. The van der Waals surface area contributed by atoms with E-state index in [-0.39, 0.29) is 48.4 Å². The summed E-state index contributed by atoms with van der Waals surface area (Å²) in [7, 11) is 2.40. The molecule has 256 valence electrons. The van der Waals surface area contributed by atoms with E-state index >= 15 is 4.39 Å². The number of aliphatic hydroxyl groups excluding tert-OH is 2. The van der Waals surface area contributed by atoms with Crippen LogP contribution >= 0.6 is 0 Å². The number of halogens is 1. The van der Waals surface area contributed by atoms with Crippen molar-refractivity contribution in [3.8, 4) is 0 Å². The highest BCUT2D eigenvalue weighted by molar-refractivity contribution is 6.06. The molecule has 0 bridgehead atoms. The molecule has 0 aliphatic carbocycles. The molecule has 0 radical (unpaired) electrons. The van der Waals surface area contributed by atoms with Crippen molar-refractivity contribution in [2.24, 2.45) is 0 Å². The van der Waals surface area contributed by atoms with Gasteiger partial charge in [-0.2, -0.15) is 0 Å². The van der Waals surface area contributed by atoms with E-state index < -0.39 is 41.8 Å². The lowest BCUT2D eigenvalue weighted by Gasteiger charge is -2.32. The van der Waals surface area contributed by atoms with E-state index in [1.54, 1.807) is 36.4 Å². The van der Waals surface area contributed by atoms with Gasteiger partial charge in [0.2, 0.25) is 0 Å². The molecule has 1 aliphatic heterocycles. The van der Waals surface area contributed by atoms with E-state index in [0.29, 0.717) is 37.7 Å². The zero-order valence-electron chi connectivity index (χ0n) is 26.7. The van der Waals surface area contributed by atoms with Gasteiger partial charge in [0.1, 0.15) is 5.82 Å². The first-order valence-electron chi connectivity index (χ1n) is 15.3. The predicted octanol–water partition coefficient (Wildman–Crippen LogP) is 1.62. The number of methoxy groups -OCH3 is 2. The largest absolute Gasteiger partial charge is 0.465 e. The molecule has 1 heterocycles. The lowest BCUT2D eigenvalue weighted by atomic mass is 10.1. The highest BCUT2D eigenvalue weighted by atomic mass is 19.1. The van der Waals surface area contributed by atoms with Gasteiger partial charge in [0.15, 0.2) is 0 Å². The van der Waals surface area contributed by atoms with E-state index in [1.165, 1.54) is 49.5 Å². The summed E-state index contributed by atoms with van der Waals surface area (Å²) in [5, 5.41) is 27.1. The van der Waals surface area contributed by atoms with Crippen LogP contribution in [0.3, 0.4) is 0 Å². The topological polar surface area (TPSA) is 167 Å². The number of anilines is 2. The number of benzene rings is 3. The molecule has 2 amide bonds. The molecular formula is C34H39FN4O9. The molecule has 4 N–H and O–H groups in total. The Kier molecular flexibility index (Phi) is 12.8. The smallest absolute Gasteiger partial charge is 0.338 e. The van der Waals surface area contributed by atoms with Crippen molar-refractivity contribution in [1.82, 2.24) is 10.6 Å². The first-order chi connectivity index (χ1) is 23.1. The first kappa shape index (κ1) is 35.8. The summed E-state index contributed by atoms with van der Waals surface area (Å²) >= 11 is 0. The van der Waals surface area contributed by atoms with E-state index in [0.717, 1.165) is 0 Å². The number of esters is 2. The van der Waals surface area contributed by atoms with Crippen LogP contribution in [0.4, 0.5) is 15.8 Å². The molecule has 14 heteroatoms. The fraction of sp³-hybridized carbons (Fsp3) is 0.353. The van der Waals surface area contributed by atoms with Crippen molar-refractivity contribution in [2.75, 3.05) is 76.5 Å². The molecule has 2 atom stereocenters. The number of morpholine rings is 1. The number of carbonyl (C=O) groups is 4. The Labute approximate surface area is 277 Å². The van der Waals surface area contributed by atoms with Crippen molar-refractivity contribution >= 4 is 35.1 Å². The molecular weight excluding hydrogens is 627 g/mol. The van der Waals surface area contributed by atoms with Gasteiger partial charge >= 0.3 is 11.9 Å². The zero-order valence-corrected chi connectivity index (χ0v) is 26.7. The number of nitrogens with one attached hydrogen (secondary N) is 2. The summed E-state index contributed by atoms with van der Waals surface area (Å²) in [4.78, 5) is 53.4. The molecule has 0 unspecified atom stereocenters. The molecule has 1 fully saturated rings. The maximum atomic E-state index is 15.4. The van der Waals surface area contributed by atoms with Crippen LogP contribution in [0.15, 0.2) is 66.7 Å². The molecule has 0 saturated carbocycles. The minimum absolute atomic E-state index is 0.0591. The Bertz CT molecular complexity index is 1510. The average molecular weight is 667 g/mol. The second kappa shape index (κ2) is 17.2. The highest BCUT2D eigenvalue weighted by Crippen LogP contribution is 2.26. The number of rotatable bonds is 14. The summed E-state index contributed by atoms with van der Waals surface area (Å²) in [5.41, 5.74) is 0.972. The predicted molar refractivity (Wildman–Crippen MR) is 174 cm³/mol. The van der Waals surface area contributed by atoms with Gasteiger partial charge in [0.05, 0.1) is 67.6 Å². The number of ether oxygens (including phenoxy) is 3. The first-order valence-corrected chi connectivity index (χ1v) is 15.3. The van der Waals surface area contributed by atoms with Crippen LogP contribution in [0.25, 0.3) is 0 Å². The number of carbonyl (C=O) groups excluding carboxylic acids is 4. The fourth-order valence-corrected chi connectivity index (χ4v) is 5.23. The Morgan fingerprint density at radius 3 is 1.69 bits per heavy atom. The van der Waals surface area contributed by atoms with Crippen molar-refractivity contribution in [3.05, 3.63) is 94.8 Å². The number of hydrogen-bond donors (Lipinski definition) is 4. The summed E-state index contributed by atoms with van der Waals surface area (Å²) in [6.07, 6.45) is -2.40. The minimum Gasteiger partial charge on any atom is -0.465 e. The maximum Gasteiger partial charge on any atom is 0.338 e. The van der Waals surface area contributed by atoms with Crippen LogP contribution in [0.5, 0.6) is 0 Å². The van der Waals surface area contributed by atoms with E-state index in [4.69, 9.17) is 14.2 Å². The van der Waals surface area contributed by atoms with Gasteiger partial charge in [-0.05, 0) is 42.5 Å². The van der Waals surface area contributed by atoms with Gasteiger partial charge < -0.3 is 44.9 Å². The Balaban J connectivity index is 1.47. The average Bonchev–Trinajstić information content (AvgIpc) is 3.12. The van der Waals surface area contributed by atoms with Crippen LogP contribution < -0.4 is 20.4 Å². The normalized spacial score (nSPS) is 14.0. The van der Waals surface area contributed by atoms with Gasteiger partial charge in [-0.15, -0.1) is 0 Å². The van der Waals surface area contributed by atoms with Crippen LogP contribution in [0, 0.1) is 5.82 Å². The molecule has 4 rings (SSSR count). The van der Waals surface area contributed by atoms with Crippen LogP contribution in [-0.4, -0.2) is 113 Å². The Morgan fingerprint density at radius 1 is 0.792 bits per heavy atom. The van der Waals surface area contributed by atoms with Crippen molar-refractivity contribution < 1.29 is 48.0 Å². The molecule has 3 aromatic rings. The highest BCUT2D eigenvalue weighted by Gasteiger charge is 2.23. The van der Waals surface area contributed by atoms with E-state index in [9.17, 15) is 29.4 Å². The number of nitrogens with zero attached hydrogens (tertiary/aromatic N) is 2. The fourth-order valence-electron chi connectivity index (χ4n) is 5.23. The Hall–Kier alpha value is -5.05. The molecule has 13 nitrogen and oxygen atoms in total. The number of hydrogen-bond acceptors (Lipinski definition) is 11. The maximum absolute atomic E-state index is 15.4. The van der Waals surface area contributed by atoms with Crippen LogP contribution in [0.1, 0.15) is 41.4 Å². The van der Waals surface area contributed by atoms with E-state index in [1.807, 2.05) is 4.90 Å². The zero-order chi connectivity index (χ0) is 34.6. The van der Waals surface area contributed by atoms with Crippen LogP contribution in [0.2, 0.25) is 0 Å². The van der Waals surface area contributed by atoms with Gasteiger partial charge in [0.25, 0.3) is 11.8 Å². The molecule has 0 aromatic heterocycles. The third kappa shape index (κ3) is 9.27. The monoisotopic (exact) mass is 666 g/mol. The summed E-state index contributed by atoms with van der Waals surface area (Å²) in [6.45, 7) is 1.21. The number of aliphatic hydroxyl groups is 2. The van der Waals surface area contributed by atoms with Gasteiger partial charge in [0, 0.05) is 45.0 Å². The standard InChI is InChI=1S/C34H39FN4O9/c1-46-33(44)27-9-5-3-7-25(27)31(42)36-18-23(40)20-39(22-11-12-30(29(35)17-22)38-13-15-48-16-14-38)21-24(41)19-37-32(43)26-8-4-6-10-28(26)34(45)47-2/h3-12,17,23-24,40-41H,13-16,18-21H2,1-2H3,(H,36,42)(H,37,43)/t23-,24+. The lowest BCUT2D eigenvalue weighted by molar-refractivity contribution is 0.0589. The minimum atomic E-state index is -1.20. The van der Waals surface area contributed by atoms with Gasteiger partial charge in [-0.25, -0.2) is 14.0 Å². The van der Waals surface area contributed by atoms with Crippen molar-refractivity contribution in [2.45, 2.75) is 12.2 Å². The lowest BCUT2D eigenvalue weighted by Crippen LogP contribution is -2.45. The molecule has 48 heavy (non-hydrogen) atoms. The van der Waals surface area contributed by atoms with Crippen molar-refractivity contribution in [3.63, 3.8) is 0 Å². The quantitative estimate of drug-likeness (QED) is 0.185.